The molecule has 1 heterocycles. The molecule has 0 bridgehead atoms. The molecule has 0 saturated carbocycles. The predicted octanol–water partition coefficient (Wildman–Crippen LogP) is 6.72. The molecular formula is C31H26ClN5O2S. The fourth-order valence-corrected chi connectivity index (χ4v) is 4.68. The first-order valence-electron chi connectivity index (χ1n) is 12.5. The second-order valence-electron chi connectivity index (χ2n) is 8.91. The summed E-state index contributed by atoms with van der Waals surface area (Å²) >= 11 is 7.36. The number of carbonyl (C=O) groups excluding carboxylic acids is 1. The summed E-state index contributed by atoms with van der Waals surface area (Å²) in [6.07, 6.45) is 1.59. The fraction of sp³-hybridized carbons (Fsp3) is 0.0968. The van der Waals surface area contributed by atoms with Crippen molar-refractivity contribution in [2.24, 2.45) is 5.10 Å². The highest BCUT2D eigenvalue weighted by atomic mass is 35.5. The number of halogens is 1. The quantitative estimate of drug-likeness (QED) is 0.115. The van der Waals surface area contributed by atoms with E-state index in [2.05, 4.69) is 20.7 Å². The van der Waals surface area contributed by atoms with Crippen molar-refractivity contribution in [2.45, 2.75) is 18.7 Å². The zero-order chi connectivity index (χ0) is 27.7. The van der Waals surface area contributed by atoms with Crippen molar-refractivity contribution in [3.8, 4) is 22.8 Å². The van der Waals surface area contributed by atoms with Gasteiger partial charge < -0.3 is 4.74 Å². The van der Waals surface area contributed by atoms with Crippen LogP contribution in [0.25, 0.3) is 17.1 Å². The number of ether oxygens (including phenoxy) is 1. The summed E-state index contributed by atoms with van der Waals surface area (Å²) in [5.41, 5.74) is 7.44. The van der Waals surface area contributed by atoms with Crippen LogP contribution >= 0.6 is 23.4 Å². The Kier molecular flexibility index (Phi) is 8.90. The molecule has 0 aliphatic rings. The number of thioether (sulfide) groups is 1. The lowest BCUT2D eigenvalue weighted by molar-refractivity contribution is -0.118. The molecule has 0 aliphatic carbocycles. The predicted molar refractivity (Wildman–Crippen MR) is 160 cm³/mol. The van der Waals surface area contributed by atoms with Gasteiger partial charge in [0.15, 0.2) is 11.0 Å². The summed E-state index contributed by atoms with van der Waals surface area (Å²) in [5, 5.41) is 14.1. The summed E-state index contributed by atoms with van der Waals surface area (Å²) in [6, 6.07) is 33.0. The smallest absolute Gasteiger partial charge is 0.250 e. The van der Waals surface area contributed by atoms with Gasteiger partial charge in [-0.15, -0.1) is 10.2 Å². The number of hydrogen-bond donors (Lipinski definition) is 1. The highest BCUT2D eigenvalue weighted by Crippen LogP contribution is 2.29. The Morgan fingerprint density at radius 3 is 2.40 bits per heavy atom. The Morgan fingerprint density at radius 1 is 0.950 bits per heavy atom. The van der Waals surface area contributed by atoms with Crippen LogP contribution in [0.15, 0.2) is 113 Å². The van der Waals surface area contributed by atoms with Gasteiger partial charge in [0.25, 0.3) is 5.91 Å². The molecule has 0 saturated heterocycles. The average Bonchev–Trinajstić information content (AvgIpc) is 3.41. The minimum absolute atomic E-state index is 0.119. The summed E-state index contributed by atoms with van der Waals surface area (Å²) in [5.74, 6) is 1.29. The molecule has 0 atom stereocenters. The van der Waals surface area contributed by atoms with E-state index in [1.165, 1.54) is 11.8 Å². The fourth-order valence-electron chi connectivity index (χ4n) is 3.81. The average molecular weight is 568 g/mol. The molecule has 0 radical (unpaired) electrons. The lowest BCUT2D eigenvalue weighted by atomic mass is 10.2. The number of hydrogen-bond acceptors (Lipinski definition) is 6. The van der Waals surface area contributed by atoms with Gasteiger partial charge in [0, 0.05) is 16.3 Å². The first kappa shape index (κ1) is 27.2. The molecule has 4 aromatic carbocycles. The molecule has 0 unspecified atom stereocenters. The third kappa shape index (κ3) is 7.16. The van der Waals surface area contributed by atoms with Crippen LogP contribution in [-0.4, -0.2) is 32.6 Å². The molecule has 5 aromatic rings. The molecule has 0 spiro atoms. The van der Waals surface area contributed by atoms with E-state index in [1.807, 2.05) is 115 Å². The first-order chi connectivity index (χ1) is 19.5. The van der Waals surface area contributed by atoms with Gasteiger partial charge >= 0.3 is 0 Å². The van der Waals surface area contributed by atoms with Gasteiger partial charge in [-0.05, 0) is 78.7 Å². The Morgan fingerprint density at radius 2 is 1.68 bits per heavy atom. The van der Waals surface area contributed by atoms with E-state index in [0.29, 0.717) is 22.6 Å². The van der Waals surface area contributed by atoms with Crippen molar-refractivity contribution in [2.75, 3.05) is 5.75 Å². The molecule has 0 fully saturated rings. The van der Waals surface area contributed by atoms with E-state index in [9.17, 15) is 4.79 Å². The van der Waals surface area contributed by atoms with Crippen LogP contribution in [0.4, 0.5) is 0 Å². The minimum Gasteiger partial charge on any atom is -0.489 e. The summed E-state index contributed by atoms with van der Waals surface area (Å²) in [6.45, 7) is 2.53. The van der Waals surface area contributed by atoms with E-state index in [4.69, 9.17) is 16.3 Å². The van der Waals surface area contributed by atoms with Gasteiger partial charge in [0.1, 0.15) is 12.4 Å². The van der Waals surface area contributed by atoms with Crippen LogP contribution < -0.4 is 10.2 Å². The SMILES string of the molecule is Cc1ccc(-n2c(SCC(=O)N/N=C\c3ccc(OCc4ccccc4)cc3)nnc2-c2ccc(Cl)cc2)cc1. The van der Waals surface area contributed by atoms with E-state index >= 15 is 0 Å². The van der Waals surface area contributed by atoms with Crippen LogP contribution in [-0.2, 0) is 11.4 Å². The van der Waals surface area contributed by atoms with Crippen molar-refractivity contribution in [3.63, 3.8) is 0 Å². The Hall–Kier alpha value is -4.40. The number of carbonyl (C=O) groups is 1. The standard InChI is InChI=1S/C31H26ClN5O2S/c1-22-7-15-27(16-8-22)37-30(25-11-13-26(32)14-12-25)35-36-31(37)40-21-29(38)34-33-19-23-9-17-28(18-10-23)39-20-24-5-3-2-4-6-24/h2-19H,20-21H2,1H3,(H,34,38)/b33-19-. The summed E-state index contributed by atoms with van der Waals surface area (Å²) in [4.78, 5) is 12.5. The van der Waals surface area contributed by atoms with Crippen LogP contribution in [0.2, 0.25) is 5.02 Å². The van der Waals surface area contributed by atoms with Crippen LogP contribution in [0.3, 0.4) is 0 Å². The number of hydrazone groups is 1. The molecule has 200 valence electrons. The molecule has 0 aliphatic heterocycles. The van der Waals surface area contributed by atoms with Gasteiger partial charge in [-0.3, -0.25) is 9.36 Å². The number of nitrogens with zero attached hydrogens (tertiary/aromatic N) is 4. The monoisotopic (exact) mass is 567 g/mol. The Bertz CT molecular complexity index is 1590. The Balaban J connectivity index is 1.19. The van der Waals surface area contributed by atoms with Crippen molar-refractivity contribution in [1.29, 1.82) is 0 Å². The number of benzene rings is 4. The van der Waals surface area contributed by atoms with Crippen molar-refractivity contribution in [1.82, 2.24) is 20.2 Å². The second-order valence-corrected chi connectivity index (χ2v) is 10.3. The van der Waals surface area contributed by atoms with E-state index in [-0.39, 0.29) is 11.7 Å². The van der Waals surface area contributed by atoms with E-state index in [1.54, 1.807) is 6.21 Å². The topological polar surface area (TPSA) is 81.4 Å². The largest absolute Gasteiger partial charge is 0.489 e. The Labute approximate surface area is 241 Å². The van der Waals surface area contributed by atoms with Gasteiger partial charge in [-0.2, -0.15) is 5.10 Å². The van der Waals surface area contributed by atoms with Crippen LogP contribution in [0.5, 0.6) is 5.75 Å². The van der Waals surface area contributed by atoms with Crippen LogP contribution in [0.1, 0.15) is 16.7 Å². The molecule has 1 N–H and O–H groups in total. The van der Waals surface area contributed by atoms with Gasteiger partial charge in [0.05, 0.1) is 12.0 Å². The van der Waals surface area contributed by atoms with Crippen molar-refractivity contribution in [3.05, 3.63) is 125 Å². The third-order valence-electron chi connectivity index (χ3n) is 5.89. The maximum Gasteiger partial charge on any atom is 0.250 e. The highest BCUT2D eigenvalue weighted by molar-refractivity contribution is 7.99. The van der Waals surface area contributed by atoms with Crippen molar-refractivity contribution >= 4 is 35.5 Å². The molecule has 7 nitrogen and oxygen atoms in total. The highest BCUT2D eigenvalue weighted by Gasteiger charge is 2.17. The molecular weight excluding hydrogens is 542 g/mol. The first-order valence-corrected chi connectivity index (χ1v) is 13.9. The minimum atomic E-state index is -0.254. The maximum atomic E-state index is 12.5. The number of nitrogens with one attached hydrogen (secondary N) is 1. The number of aryl methyl sites for hydroxylation is 1. The van der Waals surface area contributed by atoms with Gasteiger partial charge in [-0.1, -0.05) is 71.4 Å². The lowest BCUT2D eigenvalue weighted by Crippen LogP contribution is -2.20. The molecule has 1 amide bonds. The number of amides is 1. The number of aromatic nitrogens is 3. The normalized spacial score (nSPS) is 11.1. The number of rotatable bonds is 10. The van der Waals surface area contributed by atoms with E-state index in [0.717, 1.165) is 33.7 Å². The van der Waals surface area contributed by atoms with E-state index < -0.39 is 0 Å². The van der Waals surface area contributed by atoms with Crippen LogP contribution in [0, 0.1) is 6.92 Å². The maximum absolute atomic E-state index is 12.5. The van der Waals surface area contributed by atoms with Gasteiger partial charge in [0.2, 0.25) is 0 Å². The lowest BCUT2D eigenvalue weighted by Gasteiger charge is -2.10. The summed E-state index contributed by atoms with van der Waals surface area (Å²) < 4.78 is 7.75. The molecule has 9 heteroatoms. The zero-order valence-electron chi connectivity index (χ0n) is 21.7. The van der Waals surface area contributed by atoms with Gasteiger partial charge in [-0.25, -0.2) is 5.43 Å². The summed E-state index contributed by atoms with van der Waals surface area (Å²) in [7, 11) is 0. The molecule has 5 rings (SSSR count). The van der Waals surface area contributed by atoms with Crippen molar-refractivity contribution < 1.29 is 9.53 Å². The zero-order valence-corrected chi connectivity index (χ0v) is 23.3. The molecule has 1 aromatic heterocycles. The second kappa shape index (κ2) is 13.1. The third-order valence-corrected chi connectivity index (χ3v) is 7.07. The molecule has 40 heavy (non-hydrogen) atoms.